The quantitative estimate of drug-likeness (QED) is 0.269. The summed E-state index contributed by atoms with van der Waals surface area (Å²) in [5.74, 6) is 2.17. The van der Waals surface area contributed by atoms with E-state index < -0.39 is 11.5 Å². The maximum Gasteiger partial charge on any atom is 0.404 e. The van der Waals surface area contributed by atoms with Crippen LogP contribution < -0.4 is 15.0 Å². The number of carbonyl (C=O) groups is 2. The first-order chi connectivity index (χ1) is 22.2. The number of aromatic nitrogens is 2. The fourth-order valence-electron chi connectivity index (χ4n) is 6.20. The van der Waals surface area contributed by atoms with Gasteiger partial charge in [0.15, 0.2) is 0 Å². The van der Waals surface area contributed by atoms with Crippen LogP contribution in [0.5, 0.6) is 11.6 Å². The number of piperidine rings is 1. The lowest BCUT2D eigenvalue weighted by Crippen LogP contribution is -2.51. The fraction of sp³-hybridized carbons (Fsp3) is 0.455. The zero-order valence-corrected chi connectivity index (χ0v) is 27.0. The average Bonchev–Trinajstić information content (AvgIpc) is 3.85. The monoisotopic (exact) mass is 668 g/mol. The average molecular weight is 670 g/mol. The fourth-order valence-corrected chi connectivity index (χ4v) is 6.72. The maximum atomic E-state index is 12.8. The van der Waals surface area contributed by atoms with Crippen molar-refractivity contribution in [3.05, 3.63) is 64.3 Å². The molecule has 3 aromatic rings. The van der Waals surface area contributed by atoms with Gasteiger partial charge < -0.3 is 30.1 Å². The predicted molar refractivity (Wildman–Crippen MR) is 176 cm³/mol. The Morgan fingerprint density at radius 1 is 0.978 bits per heavy atom. The van der Waals surface area contributed by atoms with Gasteiger partial charge in [0.25, 0.3) is 0 Å². The first-order valence-electron chi connectivity index (χ1n) is 15.7. The molecule has 3 fully saturated rings. The van der Waals surface area contributed by atoms with Gasteiger partial charge in [-0.3, -0.25) is 9.69 Å². The molecule has 2 amide bonds. The third-order valence-electron chi connectivity index (χ3n) is 9.12. The summed E-state index contributed by atoms with van der Waals surface area (Å²) in [4.78, 5) is 39.4. The van der Waals surface area contributed by atoms with Crippen molar-refractivity contribution in [2.24, 2.45) is 11.3 Å². The molecular weight excluding hydrogens is 631 g/mol. The van der Waals surface area contributed by atoms with Gasteiger partial charge in [0.1, 0.15) is 11.6 Å². The number of aliphatic hydroxyl groups excluding tert-OH is 1. The number of amides is 2. The highest BCUT2D eigenvalue weighted by atomic mass is 35.5. The number of aliphatic hydroxyl groups is 1. The van der Waals surface area contributed by atoms with E-state index in [9.17, 15) is 14.7 Å². The van der Waals surface area contributed by atoms with Crippen LogP contribution in [0, 0.1) is 11.3 Å². The van der Waals surface area contributed by atoms with Crippen LogP contribution in [0.3, 0.4) is 0 Å². The summed E-state index contributed by atoms with van der Waals surface area (Å²) in [5.41, 5.74) is 1.94. The van der Waals surface area contributed by atoms with E-state index in [2.05, 4.69) is 20.1 Å². The van der Waals surface area contributed by atoms with Crippen molar-refractivity contribution in [1.29, 1.82) is 0 Å². The Morgan fingerprint density at radius 2 is 1.70 bits per heavy atom. The smallest absolute Gasteiger partial charge is 0.404 e. The number of anilines is 1. The van der Waals surface area contributed by atoms with Gasteiger partial charge in [-0.05, 0) is 86.7 Å². The molecule has 13 heteroatoms. The largest absolute Gasteiger partial charge is 0.465 e. The second-order valence-electron chi connectivity index (χ2n) is 12.4. The Hall–Kier alpha value is -3.64. The van der Waals surface area contributed by atoms with Crippen molar-refractivity contribution in [1.82, 2.24) is 25.1 Å². The second kappa shape index (κ2) is 14.0. The lowest BCUT2D eigenvalue weighted by molar-refractivity contribution is -0.138. The van der Waals surface area contributed by atoms with E-state index in [0.717, 1.165) is 55.7 Å². The number of piperazine rings is 1. The van der Waals surface area contributed by atoms with Gasteiger partial charge in [-0.25, -0.2) is 14.8 Å². The van der Waals surface area contributed by atoms with Gasteiger partial charge in [-0.15, -0.1) is 0 Å². The Bertz CT molecular complexity index is 1530. The minimum absolute atomic E-state index is 0.0676. The van der Waals surface area contributed by atoms with Crippen LogP contribution in [-0.2, 0) is 11.3 Å². The Labute approximate surface area is 278 Å². The minimum Gasteiger partial charge on any atom is -0.465 e. The molecule has 0 radical (unpaired) electrons. The van der Waals surface area contributed by atoms with E-state index in [1.165, 1.54) is 0 Å². The van der Waals surface area contributed by atoms with E-state index >= 15 is 0 Å². The number of ether oxygens (including phenoxy) is 1. The summed E-state index contributed by atoms with van der Waals surface area (Å²) < 4.78 is 6.23. The third kappa shape index (κ3) is 7.83. The van der Waals surface area contributed by atoms with E-state index in [4.69, 9.17) is 38.0 Å². The molecule has 0 atom stereocenters. The minimum atomic E-state index is -0.984. The number of benzene rings is 1. The lowest BCUT2D eigenvalue weighted by Gasteiger charge is -2.37. The van der Waals surface area contributed by atoms with Crippen molar-refractivity contribution >= 4 is 41.0 Å². The molecule has 1 aromatic carbocycles. The van der Waals surface area contributed by atoms with Crippen LogP contribution in [0.25, 0.3) is 11.3 Å². The molecule has 11 nitrogen and oxygen atoms in total. The van der Waals surface area contributed by atoms with Crippen LogP contribution in [0.15, 0.2) is 48.7 Å². The highest BCUT2D eigenvalue weighted by Gasteiger charge is 2.51. The van der Waals surface area contributed by atoms with E-state index in [1.807, 2.05) is 41.3 Å². The van der Waals surface area contributed by atoms with Gasteiger partial charge in [0.2, 0.25) is 11.8 Å². The summed E-state index contributed by atoms with van der Waals surface area (Å²) in [5, 5.41) is 22.1. The third-order valence-corrected chi connectivity index (χ3v) is 9.56. The summed E-state index contributed by atoms with van der Waals surface area (Å²) >= 11 is 12.6. The van der Waals surface area contributed by atoms with Crippen LogP contribution in [0.4, 0.5) is 10.6 Å². The first kappa shape index (κ1) is 32.3. The topological polar surface area (TPSA) is 131 Å². The van der Waals surface area contributed by atoms with Crippen molar-refractivity contribution < 1.29 is 24.5 Å². The molecule has 46 heavy (non-hydrogen) atoms. The molecule has 6 rings (SSSR count). The number of hydrogen-bond donors (Lipinski definition) is 3. The number of halogens is 2. The van der Waals surface area contributed by atoms with Crippen molar-refractivity contribution in [2.45, 2.75) is 32.2 Å². The van der Waals surface area contributed by atoms with Crippen LogP contribution in [0.1, 0.15) is 31.2 Å². The molecule has 244 valence electrons. The molecule has 1 aliphatic carbocycles. The number of carboxylic acid groups (broad SMARTS) is 1. The van der Waals surface area contributed by atoms with Crippen molar-refractivity contribution in [3.8, 4) is 22.9 Å². The molecule has 2 saturated heterocycles. The molecular formula is C33H38Cl2N6O5. The normalized spacial score (nSPS) is 18.3. The number of hydrogen-bond acceptors (Lipinski definition) is 8. The van der Waals surface area contributed by atoms with Crippen LogP contribution in [0.2, 0.25) is 10.0 Å². The van der Waals surface area contributed by atoms with E-state index in [0.29, 0.717) is 72.6 Å². The SMILES string of the molecule is O=C(O)NCC1CCN(Cc2cc(Oc3ccc(N4CCN(C(=O)C5(CO)CC5)CC4)nc3)nc(-c3cc(Cl)cc(Cl)c3)c2)CC1. The van der Waals surface area contributed by atoms with E-state index in [-0.39, 0.29) is 12.5 Å². The van der Waals surface area contributed by atoms with Crippen molar-refractivity contribution in [3.63, 3.8) is 0 Å². The summed E-state index contributed by atoms with van der Waals surface area (Å²) in [7, 11) is 0. The number of pyridine rings is 2. The van der Waals surface area contributed by atoms with E-state index in [1.54, 1.807) is 12.3 Å². The molecule has 0 bridgehead atoms. The molecule has 2 aliphatic heterocycles. The van der Waals surface area contributed by atoms with Gasteiger partial charge in [0, 0.05) is 60.9 Å². The molecule has 2 aromatic heterocycles. The zero-order chi connectivity index (χ0) is 32.3. The lowest BCUT2D eigenvalue weighted by atomic mass is 9.96. The van der Waals surface area contributed by atoms with Crippen LogP contribution in [-0.4, -0.2) is 94.4 Å². The summed E-state index contributed by atoms with van der Waals surface area (Å²) in [6, 6.07) is 13.0. The first-order valence-corrected chi connectivity index (χ1v) is 16.4. The molecule has 0 spiro atoms. The Morgan fingerprint density at radius 3 is 2.30 bits per heavy atom. The van der Waals surface area contributed by atoms with Gasteiger partial charge in [-0.2, -0.15) is 0 Å². The van der Waals surface area contributed by atoms with Gasteiger partial charge >= 0.3 is 6.09 Å². The molecule has 3 N–H and O–H groups in total. The zero-order valence-electron chi connectivity index (χ0n) is 25.5. The number of nitrogens with zero attached hydrogens (tertiary/aromatic N) is 5. The van der Waals surface area contributed by atoms with Crippen LogP contribution >= 0.6 is 23.2 Å². The number of likely N-dealkylation sites (tertiary alicyclic amines) is 1. The number of carbonyl (C=O) groups excluding carboxylic acids is 1. The molecule has 0 unspecified atom stereocenters. The summed E-state index contributed by atoms with van der Waals surface area (Å²) in [6.07, 6.45) is 4.06. The van der Waals surface area contributed by atoms with Gasteiger partial charge in [-0.1, -0.05) is 23.2 Å². The standard InChI is InChI=1S/C33H38Cl2N6O5/c34-25-15-24(16-26(35)17-25)28-13-23(20-39-7-3-22(4-8-39)18-37-32(44)45)14-30(38-28)46-27-1-2-29(36-19-27)40-9-11-41(12-10-40)31(43)33(21-42)5-6-33/h1-2,13-17,19,22,37,42H,3-12,18,20-21H2,(H,44,45). The van der Waals surface area contributed by atoms with Gasteiger partial charge in [0.05, 0.1) is 23.9 Å². The van der Waals surface area contributed by atoms with Crippen molar-refractivity contribution in [2.75, 3.05) is 57.3 Å². The summed E-state index contributed by atoms with van der Waals surface area (Å²) in [6.45, 7) is 5.35. The Balaban J connectivity index is 1.13. The number of nitrogens with one attached hydrogen (secondary N) is 1. The highest BCUT2D eigenvalue weighted by Crippen LogP contribution is 2.46. The molecule has 4 heterocycles. The maximum absolute atomic E-state index is 12.8. The number of rotatable bonds is 10. The molecule has 3 aliphatic rings. The highest BCUT2D eigenvalue weighted by molar-refractivity contribution is 6.35. The molecule has 1 saturated carbocycles. The Kier molecular flexibility index (Phi) is 9.84. The predicted octanol–water partition coefficient (Wildman–Crippen LogP) is 5.14. The second-order valence-corrected chi connectivity index (χ2v) is 13.3.